The minimum Gasteiger partial charge on any atom is -0.247 e. The van der Waals surface area contributed by atoms with Gasteiger partial charge in [-0.2, -0.15) is 5.21 Å². The zero-order valence-electron chi connectivity index (χ0n) is 4.58. The fourth-order valence-electron chi connectivity index (χ4n) is 0.758. The topological polar surface area (TPSA) is 54.5 Å². The molecule has 2 rings (SSSR count). The van der Waals surface area contributed by atoms with Gasteiger partial charge in [0, 0.05) is 0 Å². The van der Waals surface area contributed by atoms with Crippen LogP contribution in [0.1, 0.15) is 18.2 Å². The second-order valence-electron chi connectivity index (χ2n) is 2.13. The van der Waals surface area contributed by atoms with Gasteiger partial charge in [0.25, 0.3) is 0 Å². The molecule has 0 aromatic carbocycles. The van der Waals surface area contributed by atoms with Gasteiger partial charge in [-0.3, -0.25) is 0 Å². The molecular formula is C4H5FN4. The first kappa shape index (κ1) is 4.84. The largest absolute Gasteiger partial charge is 0.247 e. The zero-order chi connectivity index (χ0) is 6.27. The molecule has 0 spiro atoms. The Balaban J connectivity index is 2.18. The second kappa shape index (κ2) is 1.49. The maximum absolute atomic E-state index is 12.2. The number of halogens is 1. The minimum absolute atomic E-state index is 0.0799. The predicted molar refractivity (Wildman–Crippen MR) is 26.4 cm³/mol. The van der Waals surface area contributed by atoms with Crippen LogP contribution >= 0.6 is 0 Å². The Morgan fingerprint density at radius 3 is 2.89 bits per heavy atom. The normalized spacial score (nSPS) is 32.6. The Kier molecular flexibility index (Phi) is 0.802. The number of nitrogens with zero attached hydrogens (tertiary/aromatic N) is 3. The van der Waals surface area contributed by atoms with Crippen LogP contribution in [0.15, 0.2) is 0 Å². The highest BCUT2D eigenvalue weighted by atomic mass is 19.1. The Morgan fingerprint density at radius 2 is 2.44 bits per heavy atom. The van der Waals surface area contributed by atoms with E-state index in [1.54, 1.807) is 0 Å². The summed E-state index contributed by atoms with van der Waals surface area (Å²) < 4.78 is 12.2. The number of aromatic nitrogens is 4. The summed E-state index contributed by atoms with van der Waals surface area (Å²) in [6, 6.07) is 0. The summed E-state index contributed by atoms with van der Waals surface area (Å²) in [4.78, 5) is 0. The lowest BCUT2D eigenvalue weighted by atomic mass is 10.4. The molecule has 0 radical (unpaired) electrons. The van der Waals surface area contributed by atoms with E-state index in [1.807, 2.05) is 0 Å². The van der Waals surface area contributed by atoms with E-state index >= 15 is 0 Å². The van der Waals surface area contributed by atoms with E-state index in [-0.39, 0.29) is 5.92 Å². The Bertz CT molecular complexity index is 196. The van der Waals surface area contributed by atoms with Gasteiger partial charge >= 0.3 is 0 Å². The molecule has 0 bridgehead atoms. The number of nitrogens with one attached hydrogen (secondary N) is 1. The number of tetrazole rings is 1. The second-order valence-corrected chi connectivity index (χ2v) is 2.13. The zero-order valence-corrected chi connectivity index (χ0v) is 4.58. The molecule has 9 heavy (non-hydrogen) atoms. The van der Waals surface area contributed by atoms with Crippen molar-refractivity contribution in [2.45, 2.75) is 18.5 Å². The van der Waals surface area contributed by atoms with Crippen molar-refractivity contribution < 1.29 is 4.39 Å². The molecule has 0 aliphatic heterocycles. The predicted octanol–water partition coefficient (Wildman–Crippen LogP) is 0.0251. The van der Waals surface area contributed by atoms with Crippen LogP contribution in [0.2, 0.25) is 0 Å². The first-order valence-electron chi connectivity index (χ1n) is 2.75. The third kappa shape index (κ3) is 0.684. The average Bonchev–Trinajstić information content (AvgIpc) is 2.44. The van der Waals surface area contributed by atoms with Crippen LogP contribution < -0.4 is 0 Å². The number of alkyl halides is 1. The fourth-order valence-corrected chi connectivity index (χ4v) is 0.758. The molecule has 4 nitrogen and oxygen atoms in total. The molecule has 1 saturated carbocycles. The summed E-state index contributed by atoms with van der Waals surface area (Å²) in [5.41, 5.74) is 0. The number of aromatic amines is 1. The molecule has 0 saturated heterocycles. The molecule has 0 unspecified atom stereocenters. The van der Waals surface area contributed by atoms with Crippen LogP contribution in [0.5, 0.6) is 0 Å². The van der Waals surface area contributed by atoms with Gasteiger partial charge in [-0.05, 0) is 6.42 Å². The summed E-state index contributed by atoms with van der Waals surface area (Å²) in [6.45, 7) is 0. The number of H-pyrrole nitrogens is 1. The molecule has 1 aromatic heterocycles. The van der Waals surface area contributed by atoms with E-state index in [1.165, 1.54) is 0 Å². The monoisotopic (exact) mass is 128 g/mol. The molecule has 1 aliphatic carbocycles. The van der Waals surface area contributed by atoms with Crippen LogP contribution in [-0.4, -0.2) is 26.8 Å². The van der Waals surface area contributed by atoms with E-state index in [4.69, 9.17) is 0 Å². The highest BCUT2D eigenvalue weighted by Crippen LogP contribution is 2.41. The minimum atomic E-state index is -0.734. The van der Waals surface area contributed by atoms with Crippen molar-refractivity contribution in [3.05, 3.63) is 5.82 Å². The molecule has 1 fully saturated rings. The van der Waals surface area contributed by atoms with E-state index in [0.29, 0.717) is 12.2 Å². The number of hydrogen-bond donors (Lipinski definition) is 1. The van der Waals surface area contributed by atoms with Gasteiger partial charge in [-0.15, -0.1) is 10.2 Å². The van der Waals surface area contributed by atoms with Gasteiger partial charge in [0.2, 0.25) is 0 Å². The lowest BCUT2D eigenvalue weighted by Crippen LogP contribution is -1.84. The fraction of sp³-hybridized carbons (Fsp3) is 0.750. The van der Waals surface area contributed by atoms with E-state index in [9.17, 15) is 4.39 Å². The van der Waals surface area contributed by atoms with Gasteiger partial charge in [0.05, 0.1) is 5.92 Å². The van der Waals surface area contributed by atoms with Crippen molar-refractivity contribution in [1.29, 1.82) is 0 Å². The van der Waals surface area contributed by atoms with Crippen LogP contribution in [-0.2, 0) is 0 Å². The number of rotatable bonds is 1. The Hall–Kier alpha value is -1.00. The first-order chi connectivity index (χ1) is 4.38. The van der Waals surface area contributed by atoms with Crippen molar-refractivity contribution in [3.8, 4) is 0 Å². The number of hydrogen-bond acceptors (Lipinski definition) is 3. The van der Waals surface area contributed by atoms with Crippen LogP contribution in [0.3, 0.4) is 0 Å². The average molecular weight is 128 g/mol. The molecule has 1 N–H and O–H groups in total. The van der Waals surface area contributed by atoms with Crippen molar-refractivity contribution in [2.24, 2.45) is 0 Å². The molecule has 48 valence electrons. The van der Waals surface area contributed by atoms with E-state index < -0.39 is 6.17 Å². The van der Waals surface area contributed by atoms with Crippen LogP contribution in [0.25, 0.3) is 0 Å². The van der Waals surface area contributed by atoms with Gasteiger partial charge in [-0.25, -0.2) is 4.39 Å². The summed E-state index contributed by atoms with van der Waals surface area (Å²) in [5.74, 6) is 0.422. The molecule has 1 aliphatic rings. The SMILES string of the molecule is F[C@@H]1C[C@H]1c1nn[nH]n1. The lowest BCUT2D eigenvalue weighted by molar-refractivity contribution is 0.465. The molecule has 1 heterocycles. The summed E-state index contributed by atoms with van der Waals surface area (Å²) in [5, 5.41) is 12.9. The van der Waals surface area contributed by atoms with Gasteiger partial charge in [0.15, 0.2) is 5.82 Å². The van der Waals surface area contributed by atoms with Crippen molar-refractivity contribution in [3.63, 3.8) is 0 Å². The quantitative estimate of drug-likeness (QED) is 0.580. The highest BCUT2D eigenvalue weighted by Gasteiger charge is 2.41. The third-order valence-electron chi connectivity index (χ3n) is 1.41. The molecule has 5 heteroatoms. The van der Waals surface area contributed by atoms with Crippen molar-refractivity contribution in [1.82, 2.24) is 20.6 Å². The standard InChI is InChI=1S/C4H5FN4/c5-3-1-2(3)4-6-8-9-7-4/h2-3H,1H2,(H,6,7,8,9)/t2-,3-/m1/s1. The molecule has 0 amide bonds. The Labute approximate surface area is 50.5 Å². The highest BCUT2D eigenvalue weighted by molar-refractivity contribution is 5.07. The van der Waals surface area contributed by atoms with Crippen molar-refractivity contribution in [2.75, 3.05) is 0 Å². The summed E-state index contributed by atoms with van der Waals surface area (Å²) in [7, 11) is 0. The molecule has 1 aromatic rings. The smallest absolute Gasteiger partial charge is 0.180 e. The van der Waals surface area contributed by atoms with E-state index in [2.05, 4.69) is 20.6 Å². The Morgan fingerprint density at radius 1 is 1.67 bits per heavy atom. The molecule has 2 atom stereocenters. The van der Waals surface area contributed by atoms with Crippen LogP contribution in [0, 0.1) is 0 Å². The van der Waals surface area contributed by atoms with Crippen LogP contribution in [0.4, 0.5) is 4.39 Å². The van der Waals surface area contributed by atoms with Gasteiger partial charge < -0.3 is 0 Å². The maximum Gasteiger partial charge on any atom is 0.180 e. The third-order valence-corrected chi connectivity index (χ3v) is 1.41. The molecular weight excluding hydrogens is 123 g/mol. The summed E-state index contributed by atoms with van der Waals surface area (Å²) in [6.07, 6.45) is -0.179. The lowest BCUT2D eigenvalue weighted by Gasteiger charge is -1.78. The summed E-state index contributed by atoms with van der Waals surface area (Å²) >= 11 is 0. The first-order valence-corrected chi connectivity index (χ1v) is 2.75. The van der Waals surface area contributed by atoms with Gasteiger partial charge in [0.1, 0.15) is 6.17 Å². The maximum atomic E-state index is 12.2. The van der Waals surface area contributed by atoms with E-state index in [0.717, 1.165) is 0 Å². The van der Waals surface area contributed by atoms with Gasteiger partial charge in [-0.1, -0.05) is 5.21 Å². The van der Waals surface area contributed by atoms with Crippen molar-refractivity contribution >= 4 is 0 Å².